The summed E-state index contributed by atoms with van der Waals surface area (Å²) >= 11 is 0. The van der Waals surface area contributed by atoms with Crippen molar-refractivity contribution in [2.45, 2.75) is 37.8 Å². The van der Waals surface area contributed by atoms with Crippen molar-refractivity contribution in [1.29, 1.82) is 0 Å². The van der Waals surface area contributed by atoms with E-state index in [0.29, 0.717) is 11.8 Å². The van der Waals surface area contributed by atoms with Crippen molar-refractivity contribution >= 4 is 33.4 Å². The third-order valence-corrected chi connectivity index (χ3v) is 9.90. The maximum Gasteiger partial charge on any atom is 0.113 e. The summed E-state index contributed by atoms with van der Waals surface area (Å²) in [7, 11) is 4.27. The Morgan fingerprint density at radius 2 is 1.08 bits per heavy atom. The molecule has 0 bridgehead atoms. The second kappa shape index (κ2) is 14.1. The molecule has 4 aromatic carbocycles. The van der Waals surface area contributed by atoms with Gasteiger partial charge in [0.05, 0.1) is 11.6 Å². The van der Waals surface area contributed by atoms with E-state index in [1.54, 1.807) is 0 Å². The van der Waals surface area contributed by atoms with Gasteiger partial charge in [-0.05, 0) is 62.1 Å². The highest BCUT2D eigenvalue weighted by Crippen LogP contribution is 2.42. The Morgan fingerprint density at radius 1 is 0.604 bits per heavy atom. The van der Waals surface area contributed by atoms with Crippen LogP contribution in [-0.4, -0.2) is 80.6 Å². The van der Waals surface area contributed by atoms with Crippen LogP contribution in [0.15, 0.2) is 97.1 Å². The molecule has 0 aliphatic carbocycles. The molecule has 2 aliphatic rings. The first-order chi connectivity index (χ1) is 23.6. The molecule has 4 heterocycles. The van der Waals surface area contributed by atoms with Gasteiger partial charge in [-0.15, -0.1) is 5.10 Å². The predicted octanol–water partition coefficient (Wildman–Crippen LogP) is 5.72. The Hall–Kier alpha value is -4.80. The first kappa shape index (κ1) is 31.8. The van der Waals surface area contributed by atoms with Gasteiger partial charge in [0.1, 0.15) is 22.6 Å². The highest BCUT2D eigenvalue weighted by atomic mass is 16.3. The fourth-order valence-electron chi connectivity index (χ4n) is 7.72. The normalized spacial score (nSPS) is 20.3. The van der Waals surface area contributed by atoms with Crippen LogP contribution in [0.1, 0.15) is 48.9 Å². The Morgan fingerprint density at radius 3 is 1.67 bits per heavy atom. The Kier molecular flexibility index (Phi) is 9.36. The van der Waals surface area contributed by atoms with Gasteiger partial charge in [0.25, 0.3) is 0 Å². The van der Waals surface area contributed by atoms with Crippen LogP contribution in [0.4, 0.5) is 11.4 Å². The van der Waals surface area contributed by atoms with E-state index in [1.807, 2.05) is 47.3 Å². The van der Waals surface area contributed by atoms with Crippen molar-refractivity contribution in [2.24, 2.45) is 11.8 Å². The maximum absolute atomic E-state index is 9.30. The third-order valence-electron chi connectivity index (χ3n) is 9.90. The van der Waals surface area contributed by atoms with Crippen LogP contribution in [0, 0.1) is 11.8 Å². The summed E-state index contributed by atoms with van der Waals surface area (Å²) in [5.74, 6) is 0.765. The van der Waals surface area contributed by atoms with Gasteiger partial charge >= 0.3 is 0 Å². The molecule has 2 aromatic heterocycles. The summed E-state index contributed by atoms with van der Waals surface area (Å²) in [6.45, 7) is 2.35. The van der Waals surface area contributed by atoms with E-state index in [9.17, 15) is 10.2 Å². The number of hydrogen-bond donors (Lipinski definition) is 2. The Bertz CT molecular complexity index is 1930. The number of anilines is 2. The molecular formula is C38H44N8O2. The number of fused-ring (bicyclic) bond motifs is 4. The van der Waals surface area contributed by atoms with Gasteiger partial charge < -0.3 is 20.0 Å². The molecule has 0 saturated carbocycles. The van der Waals surface area contributed by atoms with Gasteiger partial charge in [-0.3, -0.25) is 0 Å². The van der Waals surface area contributed by atoms with Gasteiger partial charge in [-0.1, -0.05) is 65.9 Å². The first-order valence-electron chi connectivity index (χ1n) is 17.0. The second-order valence-corrected chi connectivity index (χ2v) is 13.1. The molecule has 0 fully saturated rings. The average molecular weight is 645 g/mol. The Balaban J connectivity index is 0.000000152. The fourth-order valence-corrected chi connectivity index (χ4v) is 7.72. The molecule has 0 saturated heterocycles. The first-order valence-corrected chi connectivity index (χ1v) is 17.0. The lowest BCUT2D eigenvalue weighted by molar-refractivity contribution is 0.243. The minimum absolute atomic E-state index is 0.108. The third kappa shape index (κ3) is 6.13. The van der Waals surface area contributed by atoms with Crippen molar-refractivity contribution in [3.63, 3.8) is 0 Å². The largest absolute Gasteiger partial charge is 0.396 e. The van der Waals surface area contributed by atoms with Crippen LogP contribution in [0.25, 0.3) is 22.1 Å². The molecule has 0 radical (unpaired) electrons. The Labute approximate surface area is 281 Å². The number of rotatable bonds is 8. The highest BCUT2D eigenvalue weighted by Gasteiger charge is 2.36. The fraction of sp³-hybridized carbons (Fsp3) is 0.368. The zero-order valence-electron chi connectivity index (χ0n) is 27.7. The zero-order valence-corrected chi connectivity index (χ0v) is 27.7. The minimum atomic E-state index is 0.108. The van der Waals surface area contributed by atoms with Crippen LogP contribution in [0.3, 0.4) is 0 Å². The van der Waals surface area contributed by atoms with Crippen LogP contribution in [-0.2, 0) is 0 Å². The number of benzene rings is 4. The van der Waals surface area contributed by atoms with Gasteiger partial charge in [0.2, 0.25) is 0 Å². The lowest BCUT2D eigenvalue weighted by atomic mass is 9.84. The van der Waals surface area contributed by atoms with Crippen molar-refractivity contribution in [1.82, 2.24) is 30.0 Å². The second-order valence-electron chi connectivity index (χ2n) is 13.1. The summed E-state index contributed by atoms with van der Waals surface area (Å²) < 4.78 is 2.07. The summed E-state index contributed by atoms with van der Waals surface area (Å²) in [5.41, 5.74) is 8.88. The standard InChI is InChI=1S/2C19H22N4O/c1-22-13-14(7-6-12-24)19(15-8-2-5-11-18(15)22)23-20-16-9-3-4-10-17(16)21-23;1-22-13-14(7-6-12-24)19(15-8-2-4-10-17(15)22)23-18-11-5-3-9-16(18)20-21-23/h2*2-5,8-11,14,19,24H,6-7,12-13H2,1H3. The average Bonchev–Trinajstić information content (AvgIpc) is 3.75. The van der Waals surface area contributed by atoms with E-state index in [2.05, 4.69) is 93.5 Å². The maximum atomic E-state index is 9.30. The molecule has 2 aliphatic heterocycles. The van der Waals surface area contributed by atoms with E-state index in [-0.39, 0.29) is 25.3 Å². The molecule has 2 N–H and O–H groups in total. The number of aliphatic hydroxyl groups is 2. The lowest BCUT2D eigenvalue weighted by Gasteiger charge is -2.39. The molecule has 48 heavy (non-hydrogen) atoms. The number of nitrogens with zero attached hydrogens (tertiary/aromatic N) is 8. The highest BCUT2D eigenvalue weighted by molar-refractivity contribution is 5.75. The van der Waals surface area contributed by atoms with E-state index in [4.69, 9.17) is 10.2 Å². The van der Waals surface area contributed by atoms with Gasteiger partial charge in [0.15, 0.2) is 0 Å². The molecular weight excluding hydrogens is 600 g/mol. The van der Waals surface area contributed by atoms with E-state index >= 15 is 0 Å². The van der Waals surface area contributed by atoms with Crippen LogP contribution < -0.4 is 9.80 Å². The van der Waals surface area contributed by atoms with Crippen LogP contribution in [0.2, 0.25) is 0 Å². The van der Waals surface area contributed by atoms with Crippen molar-refractivity contribution in [2.75, 3.05) is 50.2 Å². The molecule has 10 heteroatoms. The number of aliphatic hydroxyl groups excluding tert-OH is 2. The zero-order chi connectivity index (χ0) is 33.0. The van der Waals surface area contributed by atoms with E-state index < -0.39 is 0 Å². The number of hydrogen-bond acceptors (Lipinski definition) is 8. The summed E-state index contributed by atoms with van der Waals surface area (Å²) in [4.78, 5) is 6.50. The topological polar surface area (TPSA) is 108 Å². The quantitative estimate of drug-likeness (QED) is 0.217. The molecule has 10 nitrogen and oxygen atoms in total. The van der Waals surface area contributed by atoms with Crippen molar-refractivity contribution < 1.29 is 10.2 Å². The SMILES string of the molecule is CN1CC(CCCO)C(n2nc3ccccc3n2)c2ccccc21.CN1CC(CCCO)C(n2nnc3ccccc32)c2ccccc21. The number of aromatic nitrogens is 6. The smallest absolute Gasteiger partial charge is 0.113 e. The van der Waals surface area contributed by atoms with Crippen molar-refractivity contribution in [3.8, 4) is 0 Å². The molecule has 4 atom stereocenters. The molecule has 0 amide bonds. The monoisotopic (exact) mass is 644 g/mol. The molecule has 0 spiro atoms. The molecule has 4 unspecified atom stereocenters. The van der Waals surface area contributed by atoms with Crippen molar-refractivity contribution in [3.05, 3.63) is 108 Å². The molecule has 8 rings (SSSR count). The van der Waals surface area contributed by atoms with Gasteiger partial charge in [0, 0.05) is 74.7 Å². The summed E-state index contributed by atoms with van der Waals surface area (Å²) in [6, 6.07) is 33.4. The predicted molar refractivity (Wildman–Crippen MR) is 190 cm³/mol. The minimum Gasteiger partial charge on any atom is -0.396 e. The number of para-hydroxylation sites is 3. The van der Waals surface area contributed by atoms with E-state index in [0.717, 1.165) is 60.8 Å². The van der Waals surface area contributed by atoms with Crippen LogP contribution in [0.5, 0.6) is 0 Å². The van der Waals surface area contributed by atoms with E-state index in [1.165, 1.54) is 22.5 Å². The lowest BCUT2D eigenvalue weighted by Crippen LogP contribution is -2.38. The van der Waals surface area contributed by atoms with Crippen LogP contribution >= 0.6 is 0 Å². The summed E-state index contributed by atoms with van der Waals surface area (Å²) in [6.07, 6.45) is 3.54. The molecule has 248 valence electrons. The van der Waals surface area contributed by atoms with Gasteiger partial charge in [-0.25, -0.2) is 4.68 Å². The molecule has 6 aromatic rings. The summed E-state index contributed by atoms with van der Waals surface area (Å²) in [5, 5.41) is 36.9. The van der Waals surface area contributed by atoms with Gasteiger partial charge in [-0.2, -0.15) is 15.0 Å².